The summed E-state index contributed by atoms with van der Waals surface area (Å²) in [6, 6.07) is 3.01. The Hall–Kier alpha value is -2.24. The van der Waals surface area contributed by atoms with Crippen molar-refractivity contribution >= 4 is 11.8 Å². The number of Topliss-reactive ketones (excluding diaryl/α,β-unsaturated/α-hetero) is 1. The zero-order valence-corrected chi connectivity index (χ0v) is 11.1. The van der Waals surface area contributed by atoms with Gasteiger partial charge in [-0.15, -0.1) is 0 Å². The SMILES string of the molecule is COc1cc(C(=O)CCC(=O)O)cc(OC)c1OC. The molecule has 0 bridgehead atoms. The van der Waals surface area contributed by atoms with Crippen LogP contribution in [0.1, 0.15) is 23.2 Å². The van der Waals surface area contributed by atoms with E-state index >= 15 is 0 Å². The summed E-state index contributed by atoms with van der Waals surface area (Å²) in [5, 5.41) is 8.57. The first kappa shape index (κ1) is 14.8. The summed E-state index contributed by atoms with van der Waals surface area (Å²) in [4.78, 5) is 22.3. The second kappa shape index (κ2) is 6.63. The molecule has 1 N–H and O–H groups in total. The van der Waals surface area contributed by atoms with Crippen LogP contribution in [0.3, 0.4) is 0 Å². The molecule has 0 heterocycles. The highest BCUT2D eigenvalue weighted by atomic mass is 16.5. The van der Waals surface area contributed by atoms with Crippen molar-refractivity contribution in [3.8, 4) is 17.2 Å². The van der Waals surface area contributed by atoms with Crippen molar-refractivity contribution in [2.24, 2.45) is 0 Å². The normalized spacial score (nSPS) is 9.84. The number of hydrogen-bond acceptors (Lipinski definition) is 5. The van der Waals surface area contributed by atoms with E-state index in [2.05, 4.69) is 0 Å². The third kappa shape index (κ3) is 3.61. The van der Waals surface area contributed by atoms with E-state index in [0.717, 1.165) is 0 Å². The predicted octanol–water partition coefficient (Wildman–Crippen LogP) is 1.76. The van der Waals surface area contributed by atoms with E-state index < -0.39 is 5.97 Å². The molecule has 0 saturated carbocycles. The topological polar surface area (TPSA) is 82.1 Å². The third-order valence-corrected chi connectivity index (χ3v) is 2.55. The van der Waals surface area contributed by atoms with Gasteiger partial charge < -0.3 is 19.3 Å². The molecule has 1 rings (SSSR count). The van der Waals surface area contributed by atoms with Gasteiger partial charge in [0.05, 0.1) is 27.8 Å². The average Bonchev–Trinajstić information content (AvgIpc) is 2.42. The van der Waals surface area contributed by atoms with Gasteiger partial charge in [-0.05, 0) is 12.1 Å². The van der Waals surface area contributed by atoms with Crippen LogP contribution < -0.4 is 14.2 Å². The van der Waals surface area contributed by atoms with Crippen molar-refractivity contribution in [2.45, 2.75) is 12.8 Å². The van der Waals surface area contributed by atoms with E-state index in [1.165, 1.54) is 33.5 Å². The van der Waals surface area contributed by atoms with Crippen LogP contribution in [0.5, 0.6) is 17.2 Å². The molecule has 6 nitrogen and oxygen atoms in total. The zero-order chi connectivity index (χ0) is 14.4. The molecule has 0 atom stereocenters. The molecule has 19 heavy (non-hydrogen) atoms. The molecule has 0 fully saturated rings. The summed E-state index contributed by atoms with van der Waals surface area (Å²) in [6.45, 7) is 0. The molecule has 0 saturated heterocycles. The fourth-order valence-electron chi connectivity index (χ4n) is 1.61. The van der Waals surface area contributed by atoms with Crippen LogP contribution in [0.15, 0.2) is 12.1 Å². The zero-order valence-electron chi connectivity index (χ0n) is 11.1. The number of aliphatic carboxylic acids is 1. The Morgan fingerprint density at radius 3 is 1.89 bits per heavy atom. The van der Waals surface area contributed by atoms with Crippen molar-refractivity contribution < 1.29 is 28.9 Å². The Bertz CT molecular complexity index is 455. The number of rotatable bonds is 7. The first-order chi connectivity index (χ1) is 9.03. The number of carboxylic acid groups (broad SMARTS) is 1. The van der Waals surface area contributed by atoms with Gasteiger partial charge in [-0.1, -0.05) is 0 Å². The van der Waals surface area contributed by atoms with E-state index in [1.54, 1.807) is 0 Å². The molecular formula is C13H16O6. The van der Waals surface area contributed by atoms with Gasteiger partial charge in [-0.3, -0.25) is 9.59 Å². The Kier molecular flexibility index (Phi) is 5.17. The average molecular weight is 268 g/mol. The molecule has 0 amide bonds. The van der Waals surface area contributed by atoms with Crippen molar-refractivity contribution in [1.29, 1.82) is 0 Å². The summed E-state index contributed by atoms with van der Waals surface area (Å²) in [5.74, 6) is -0.191. The molecule has 0 aromatic heterocycles. The summed E-state index contributed by atoms with van der Waals surface area (Å²) in [5.41, 5.74) is 0.329. The molecule has 0 unspecified atom stereocenters. The Balaban J connectivity index is 3.08. The predicted molar refractivity (Wildman–Crippen MR) is 67.3 cm³/mol. The Morgan fingerprint density at radius 1 is 1.00 bits per heavy atom. The van der Waals surface area contributed by atoms with Crippen LogP contribution in [-0.4, -0.2) is 38.2 Å². The van der Waals surface area contributed by atoms with Gasteiger partial charge in [-0.25, -0.2) is 0 Å². The molecule has 0 aliphatic heterocycles. The highest BCUT2D eigenvalue weighted by Gasteiger charge is 2.17. The van der Waals surface area contributed by atoms with Gasteiger partial charge >= 0.3 is 5.97 Å². The first-order valence-electron chi connectivity index (χ1n) is 5.58. The van der Waals surface area contributed by atoms with Crippen LogP contribution in [0.25, 0.3) is 0 Å². The lowest BCUT2D eigenvalue weighted by Gasteiger charge is -2.13. The quantitative estimate of drug-likeness (QED) is 0.759. The van der Waals surface area contributed by atoms with Crippen LogP contribution in [-0.2, 0) is 4.79 Å². The number of carboxylic acids is 1. The molecular weight excluding hydrogens is 252 g/mol. The minimum atomic E-state index is -1.01. The monoisotopic (exact) mass is 268 g/mol. The minimum Gasteiger partial charge on any atom is -0.493 e. The maximum atomic E-state index is 11.9. The number of ketones is 1. The summed E-state index contributed by atoms with van der Waals surface area (Å²) in [7, 11) is 4.36. The number of hydrogen-bond donors (Lipinski definition) is 1. The lowest BCUT2D eigenvalue weighted by atomic mass is 10.1. The van der Waals surface area contributed by atoms with Crippen LogP contribution in [0.4, 0.5) is 0 Å². The van der Waals surface area contributed by atoms with Crippen molar-refractivity contribution in [3.63, 3.8) is 0 Å². The first-order valence-corrected chi connectivity index (χ1v) is 5.58. The number of ether oxygens (including phenoxy) is 3. The van der Waals surface area contributed by atoms with E-state index in [4.69, 9.17) is 19.3 Å². The summed E-state index contributed by atoms with van der Waals surface area (Å²) >= 11 is 0. The number of carbonyl (C=O) groups is 2. The second-order valence-corrected chi connectivity index (χ2v) is 3.73. The van der Waals surface area contributed by atoms with Crippen molar-refractivity contribution in [3.05, 3.63) is 17.7 Å². The Labute approximate surface area is 110 Å². The summed E-state index contributed by atoms with van der Waals surface area (Å²) in [6.07, 6.45) is -0.288. The molecule has 0 aliphatic carbocycles. The number of methoxy groups -OCH3 is 3. The third-order valence-electron chi connectivity index (χ3n) is 2.55. The number of benzene rings is 1. The fraction of sp³-hybridized carbons (Fsp3) is 0.385. The van der Waals surface area contributed by atoms with E-state index in [9.17, 15) is 9.59 Å². The van der Waals surface area contributed by atoms with Gasteiger partial charge in [-0.2, -0.15) is 0 Å². The Morgan fingerprint density at radius 2 is 1.53 bits per heavy atom. The van der Waals surface area contributed by atoms with Gasteiger partial charge in [0, 0.05) is 12.0 Å². The van der Waals surface area contributed by atoms with Gasteiger partial charge in [0.2, 0.25) is 5.75 Å². The largest absolute Gasteiger partial charge is 0.493 e. The molecule has 0 radical (unpaired) electrons. The van der Waals surface area contributed by atoms with Crippen molar-refractivity contribution in [1.82, 2.24) is 0 Å². The smallest absolute Gasteiger partial charge is 0.303 e. The molecule has 1 aromatic rings. The summed E-state index contributed by atoms with van der Waals surface area (Å²) < 4.78 is 15.4. The van der Waals surface area contributed by atoms with E-state index in [0.29, 0.717) is 22.8 Å². The highest BCUT2D eigenvalue weighted by Crippen LogP contribution is 2.38. The minimum absolute atomic E-state index is 0.0754. The molecule has 104 valence electrons. The highest BCUT2D eigenvalue weighted by molar-refractivity contribution is 5.98. The second-order valence-electron chi connectivity index (χ2n) is 3.73. The molecule has 6 heteroatoms. The molecule has 0 spiro atoms. The maximum Gasteiger partial charge on any atom is 0.303 e. The van der Waals surface area contributed by atoms with Crippen LogP contribution >= 0.6 is 0 Å². The maximum absolute atomic E-state index is 11.9. The molecule has 0 aliphatic rings. The van der Waals surface area contributed by atoms with Crippen molar-refractivity contribution in [2.75, 3.05) is 21.3 Å². The standard InChI is InChI=1S/C13H16O6/c1-17-10-6-8(9(14)4-5-12(15)16)7-11(18-2)13(10)19-3/h6-7H,4-5H2,1-3H3,(H,15,16). The van der Waals surface area contributed by atoms with Gasteiger partial charge in [0.15, 0.2) is 17.3 Å². The fourth-order valence-corrected chi connectivity index (χ4v) is 1.61. The van der Waals surface area contributed by atoms with Gasteiger partial charge in [0.1, 0.15) is 0 Å². The number of carbonyl (C=O) groups excluding carboxylic acids is 1. The van der Waals surface area contributed by atoms with E-state index in [-0.39, 0.29) is 18.6 Å². The lowest BCUT2D eigenvalue weighted by Crippen LogP contribution is -2.05. The van der Waals surface area contributed by atoms with Gasteiger partial charge in [0.25, 0.3) is 0 Å². The molecule has 1 aromatic carbocycles. The van der Waals surface area contributed by atoms with Crippen LogP contribution in [0, 0.1) is 0 Å². The lowest BCUT2D eigenvalue weighted by molar-refractivity contribution is -0.136. The van der Waals surface area contributed by atoms with Crippen LogP contribution in [0.2, 0.25) is 0 Å². The van der Waals surface area contributed by atoms with E-state index in [1.807, 2.05) is 0 Å².